The van der Waals surface area contributed by atoms with E-state index in [1.165, 1.54) is 0 Å². The van der Waals surface area contributed by atoms with Gasteiger partial charge in [0.05, 0.1) is 6.04 Å². The summed E-state index contributed by atoms with van der Waals surface area (Å²) in [5, 5.41) is 0. The fourth-order valence-electron chi connectivity index (χ4n) is 3.39. The smallest absolute Gasteiger partial charge is 0.328 e. The number of hydrogen-bond donors (Lipinski definition) is 0. The third kappa shape index (κ3) is 2.57. The highest BCUT2D eigenvalue weighted by Crippen LogP contribution is 2.38. The van der Waals surface area contributed by atoms with Crippen LogP contribution in [0.15, 0.2) is 36.4 Å². The van der Waals surface area contributed by atoms with Gasteiger partial charge >= 0.3 is 12.1 Å². The van der Waals surface area contributed by atoms with Gasteiger partial charge in [0.2, 0.25) is 0 Å². The summed E-state index contributed by atoms with van der Waals surface area (Å²) in [6, 6.07) is 7.25. The third-order valence-corrected chi connectivity index (χ3v) is 4.33. The average molecular weight is 295 g/mol. The first kappa shape index (κ1) is 14.2. The van der Waals surface area contributed by atoms with Crippen molar-refractivity contribution in [1.29, 1.82) is 0 Å². The summed E-state index contributed by atoms with van der Waals surface area (Å²) in [7, 11) is 0. The first-order valence-corrected chi connectivity index (χ1v) is 7.11. The Morgan fingerprint density at radius 3 is 2.76 bits per heavy atom. The zero-order chi connectivity index (χ0) is 15.0. The number of fused-ring (bicyclic) bond motifs is 3. The Hall–Kier alpha value is -1.78. The molecule has 1 aromatic rings. The Kier molecular flexibility index (Phi) is 3.51. The molecule has 0 saturated heterocycles. The molecule has 1 heterocycles. The quantitative estimate of drug-likeness (QED) is 0.671. The van der Waals surface area contributed by atoms with Gasteiger partial charge in [0, 0.05) is 12.5 Å². The number of carbonyl (C=O) groups excluding carboxylic acids is 1. The largest absolute Gasteiger partial charge is 0.471 e. The van der Waals surface area contributed by atoms with E-state index in [0.717, 1.165) is 28.9 Å². The van der Waals surface area contributed by atoms with E-state index in [1.807, 2.05) is 30.3 Å². The SMILES string of the molecule is O=C(N1CCc2ccccc2C2CCC=CC21)C(F)(F)F. The van der Waals surface area contributed by atoms with Gasteiger partial charge in [-0.25, -0.2) is 0 Å². The summed E-state index contributed by atoms with van der Waals surface area (Å²) in [4.78, 5) is 12.7. The number of amides is 1. The molecule has 1 aromatic carbocycles. The molecule has 0 bridgehead atoms. The maximum atomic E-state index is 12.8. The zero-order valence-corrected chi connectivity index (χ0v) is 11.4. The molecule has 0 fully saturated rings. The monoisotopic (exact) mass is 295 g/mol. The van der Waals surface area contributed by atoms with Crippen LogP contribution >= 0.6 is 0 Å². The molecule has 0 N–H and O–H groups in total. The molecule has 1 aliphatic carbocycles. The second kappa shape index (κ2) is 5.20. The Morgan fingerprint density at radius 1 is 1.24 bits per heavy atom. The summed E-state index contributed by atoms with van der Waals surface area (Å²) in [6.07, 6.45) is 0.917. The van der Waals surface area contributed by atoms with Gasteiger partial charge in [-0.2, -0.15) is 13.2 Å². The summed E-state index contributed by atoms with van der Waals surface area (Å²) in [5.74, 6) is -1.77. The molecule has 112 valence electrons. The topological polar surface area (TPSA) is 20.3 Å². The number of alkyl halides is 3. The Morgan fingerprint density at radius 2 is 2.00 bits per heavy atom. The molecule has 2 nitrogen and oxygen atoms in total. The second-order valence-corrected chi connectivity index (χ2v) is 5.55. The van der Waals surface area contributed by atoms with Gasteiger partial charge in [0.15, 0.2) is 0 Å². The number of halogens is 3. The summed E-state index contributed by atoms with van der Waals surface area (Å²) in [5.41, 5.74) is 2.14. The maximum Gasteiger partial charge on any atom is 0.471 e. The first-order chi connectivity index (χ1) is 9.98. The standard InChI is InChI=1S/C16H16F3NO/c17-16(18,19)15(21)20-10-9-11-5-1-2-6-12(11)13-7-3-4-8-14(13)20/h1-2,4-6,8,13-14H,3,7,9-10H2. The average Bonchev–Trinajstić information content (AvgIpc) is 2.63. The van der Waals surface area contributed by atoms with Crippen LogP contribution in [-0.2, 0) is 11.2 Å². The highest BCUT2D eigenvalue weighted by atomic mass is 19.4. The van der Waals surface area contributed by atoms with Gasteiger partial charge in [-0.05, 0) is 30.4 Å². The molecule has 0 radical (unpaired) electrons. The van der Waals surface area contributed by atoms with Crippen LogP contribution in [0.5, 0.6) is 0 Å². The minimum absolute atomic E-state index is 0.0417. The molecule has 0 spiro atoms. The van der Waals surface area contributed by atoms with Crippen molar-refractivity contribution in [2.75, 3.05) is 6.54 Å². The second-order valence-electron chi connectivity index (χ2n) is 5.55. The number of nitrogens with zero attached hydrogens (tertiary/aromatic N) is 1. The first-order valence-electron chi connectivity index (χ1n) is 7.11. The van der Waals surface area contributed by atoms with Gasteiger partial charge in [-0.3, -0.25) is 4.79 Å². The fourth-order valence-corrected chi connectivity index (χ4v) is 3.39. The predicted molar refractivity (Wildman–Crippen MR) is 72.8 cm³/mol. The van der Waals surface area contributed by atoms with E-state index in [1.54, 1.807) is 6.08 Å². The number of carbonyl (C=O) groups is 1. The molecule has 1 aliphatic heterocycles. The van der Waals surface area contributed by atoms with Crippen LogP contribution in [-0.4, -0.2) is 29.6 Å². The number of benzene rings is 1. The molecular weight excluding hydrogens is 279 g/mol. The summed E-state index contributed by atoms with van der Waals surface area (Å²) in [6.45, 7) is 0.112. The van der Waals surface area contributed by atoms with Gasteiger partial charge in [0.1, 0.15) is 0 Å². The molecule has 0 aromatic heterocycles. The number of hydrogen-bond acceptors (Lipinski definition) is 1. The predicted octanol–water partition coefficient (Wildman–Crippen LogP) is 3.44. The highest BCUT2D eigenvalue weighted by Gasteiger charge is 2.46. The van der Waals surface area contributed by atoms with E-state index in [-0.39, 0.29) is 12.5 Å². The van der Waals surface area contributed by atoms with Crippen molar-refractivity contribution in [3.05, 3.63) is 47.5 Å². The highest BCUT2D eigenvalue weighted by molar-refractivity contribution is 5.82. The van der Waals surface area contributed by atoms with Crippen molar-refractivity contribution in [2.45, 2.75) is 37.4 Å². The summed E-state index contributed by atoms with van der Waals surface area (Å²) < 4.78 is 38.5. The van der Waals surface area contributed by atoms with Gasteiger partial charge in [0.25, 0.3) is 0 Å². The Bertz CT molecular complexity index is 579. The summed E-state index contributed by atoms with van der Waals surface area (Å²) >= 11 is 0. The van der Waals surface area contributed by atoms with Crippen LogP contribution < -0.4 is 0 Å². The molecule has 2 atom stereocenters. The molecular formula is C16H16F3NO. The fraction of sp³-hybridized carbons (Fsp3) is 0.438. The normalized spacial score (nSPS) is 25.0. The zero-order valence-electron chi connectivity index (χ0n) is 11.4. The van der Waals surface area contributed by atoms with Gasteiger partial charge in [-0.15, -0.1) is 0 Å². The third-order valence-electron chi connectivity index (χ3n) is 4.33. The van der Waals surface area contributed by atoms with Crippen LogP contribution in [0.25, 0.3) is 0 Å². The van der Waals surface area contributed by atoms with Crippen LogP contribution in [0.2, 0.25) is 0 Å². The Balaban J connectivity index is 2.01. The van der Waals surface area contributed by atoms with Crippen LogP contribution in [0.1, 0.15) is 29.9 Å². The molecule has 2 unspecified atom stereocenters. The maximum absolute atomic E-state index is 12.8. The number of allylic oxidation sites excluding steroid dienone is 1. The molecule has 0 saturated carbocycles. The van der Waals surface area contributed by atoms with Crippen molar-refractivity contribution < 1.29 is 18.0 Å². The van der Waals surface area contributed by atoms with Crippen molar-refractivity contribution >= 4 is 5.91 Å². The van der Waals surface area contributed by atoms with E-state index >= 15 is 0 Å². The van der Waals surface area contributed by atoms with E-state index in [0.29, 0.717) is 6.42 Å². The van der Waals surface area contributed by atoms with Crippen LogP contribution in [0.4, 0.5) is 13.2 Å². The molecule has 2 aliphatic rings. The molecule has 21 heavy (non-hydrogen) atoms. The lowest BCUT2D eigenvalue weighted by atomic mass is 9.82. The van der Waals surface area contributed by atoms with E-state index < -0.39 is 18.1 Å². The van der Waals surface area contributed by atoms with E-state index in [2.05, 4.69) is 0 Å². The van der Waals surface area contributed by atoms with E-state index in [9.17, 15) is 18.0 Å². The van der Waals surface area contributed by atoms with Crippen molar-refractivity contribution in [1.82, 2.24) is 4.90 Å². The van der Waals surface area contributed by atoms with Gasteiger partial charge < -0.3 is 4.90 Å². The molecule has 1 amide bonds. The van der Waals surface area contributed by atoms with Crippen molar-refractivity contribution in [3.63, 3.8) is 0 Å². The van der Waals surface area contributed by atoms with Gasteiger partial charge in [-0.1, -0.05) is 36.4 Å². The number of rotatable bonds is 0. The lowest BCUT2D eigenvalue weighted by molar-refractivity contribution is -0.187. The Labute approximate surface area is 121 Å². The molecule has 3 rings (SSSR count). The van der Waals surface area contributed by atoms with E-state index in [4.69, 9.17) is 0 Å². The minimum atomic E-state index is -4.81. The molecule has 5 heteroatoms. The lowest BCUT2D eigenvalue weighted by Gasteiger charge is -2.35. The van der Waals surface area contributed by atoms with Crippen LogP contribution in [0, 0.1) is 0 Å². The van der Waals surface area contributed by atoms with Crippen LogP contribution in [0.3, 0.4) is 0 Å². The minimum Gasteiger partial charge on any atom is -0.328 e. The lowest BCUT2D eigenvalue weighted by Crippen LogP contribution is -2.49. The van der Waals surface area contributed by atoms with Crippen molar-refractivity contribution in [3.8, 4) is 0 Å². The van der Waals surface area contributed by atoms with Crippen molar-refractivity contribution in [2.24, 2.45) is 0 Å².